The van der Waals surface area contributed by atoms with Crippen molar-refractivity contribution in [2.75, 3.05) is 6.16 Å². The van der Waals surface area contributed by atoms with Gasteiger partial charge in [-0.25, -0.2) is 4.57 Å². The Morgan fingerprint density at radius 1 is 0.629 bits per heavy atom. The van der Waals surface area contributed by atoms with Crippen molar-refractivity contribution in [1.29, 1.82) is 0 Å². The maximum absolute atomic E-state index is 13.5. The van der Waals surface area contributed by atoms with Crippen molar-refractivity contribution < 1.29 is 23.5 Å². The van der Waals surface area contributed by atoms with Crippen molar-refractivity contribution in [1.82, 2.24) is 0 Å². The van der Waals surface area contributed by atoms with Crippen LogP contribution in [-0.2, 0) is 4.57 Å². The Kier molecular flexibility index (Phi) is 12.2. The topological polar surface area (TPSA) is 122 Å². The summed E-state index contributed by atoms with van der Waals surface area (Å²) in [4.78, 5) is 20.7. The van der Waals surface area contributed by atoms with Crippen molar-refractivity contribution in [3.05, 3.63) is 68.8 Å². The number of non-ortho nitro benzene ring substituents is 2. The molecule has 2 aromatic carbocycles. The summed E-state index contributed by atoms with van der Waals surface area (Å²) in [5.41, 5.74) is -0.206. The normalized spacial score (nSPS) is 11.2. The lowest BCUT2D eigenvalue weighted by Crippen LogP contribution is -2.06. The third kappa shape index (κ3) is 10.9. The van der Waals surface area contributed by atoms with E-state index < -0.39 is 17.4 Å². The molecule has 0 fully saturated rings. The molecule has 0 radical (unpaired) electrons. The number of hydrogen-bond acceptors (Lipinski definition) is 7. The second kappa shape index (κ2) is 15.1. The molecule has 0 spiro atoms. The van der Waals surface area contributed by atoms with Gasteiger partial charge in [0.1, 0.15) is 11.5 Å². The van der Waals surface area contributed by atoms with Crippen LogP contribution in [0.3, 0.4) is 0 Å². The number of nitro benzene ring substituents is 2. The zero-order valence-corrected chi connectivity index (χ0v) is 21.2. The molecule has 0 aliphatic heterocycles. The summed E-state index contributed by atoms with van der Waals surface area (Å²) >= 11 is 0. The van der Waals surface area contributed by atoms with Crippen LogP contribution in [-0.4, -0.2) is 16.0 Å². The van der Waals surface area contributed by atoms with Crippen LogP contribution in [0.25, 0.3) is 0 Å². The van der Waals surface area contributed by atoms with E-state index in [0.717, 1.165) is 19.3 Å². The molecule has 0 aromatic heterocycles. The smallest absolute Gasteiger partial charge is 0.416 e. The van der Waals surface area contributed by atoms with Crippen LogP contribution in [0.5, 0.6) is 11.5 Å². The van der Waals surface area contributed by atoms with Crippen LogP contribution in [0.15, 0.2) is 48.5 Å². The number of hydrogen-bond donors (Lipinski definition) is 0. The quantitative estimate of drug-likeness (QED) is 0.0860. The molecular formula is C25H35N2O7P. The molecule has 0 saturated carbocycles. The van der Waals surface area contributed by atoms with Crippen molar-refractivity contribution >= 4 is 19.0 Å². The maximum atomic E-state index is 13.5. The molecule has 0 heterocycles. The average molecular weight is 507 g/mol. The zero-order valence-electron chi connectivity index (χ0n) is 20.3. The first-order chi connectivity index (χ1) is 16.8. The van der Waals surface area contributed by atoms with E-state index in [1.165, 1.54) is 93.5 Å². The van der Waals surface area contributed by atoms with Gasteiger partial charge in [-0.2, -0.15) is 0 Å². The van der Waals surface area contributed by atoms with Gasteiger partial charge in [0.25, 0.3) is 11.4 Å². The number of rotatable bonds is 18. The van der Waals surface area contributed by atoms with Gasteiger partial charge in [0.05, 0.1) is 16.0 Å². The first-order valence-corrected chi connectivity index (χ1v) is 14.0. The van der Waals surface area contributed by atoms with E-state index in [9.17, 15) is 24.8 Å². The minimum absolute atomic E-state index is 0.103. The summed E-state index contributed by atoms with van der Waals surface area (Å²) in [6, 6.07) is 10.6. The number of nitro groups is 2. The van der Waals surface area contributed by atoms with Crippen LogP contribution in [0.2, 0.25) is 0 Å². The van der Waals surface area contributed by atoms with Gasteiger partial charge in [-0.3, -0.25) is 20.2 Å². The Bertz CT molecular complexity index is 901. The summed E-state index contributed by atoms with van der Waals surface area (Å²) in [7, 11) is -3.66. The molecule has 0 aliphatic rings. The van der Waals surface area contributed by atoms with Crippen LogP contribution >= 0.6 is 7.60 Å². The highest BCUT2D eigenvalue weighted by Crippen LogP contribution is 2.49. The minimum Gasteiger partial charge on any atom is -0.416 e. The summed E-state index contributed by atoms with van der Waals surface area (Å²) in [6.07, 6.45) is 12.7. The van der Waals surface area contributed by atoms with Crippen molar-refractivity contribution in [2.24, 2.45) is 0 Å². The lowest BCUT2D eigenvalue weighted by atomic mass is 10.1. The molecule has 0 aliphatic carbocycles. The Morgan fingerprint density at radius 2 is 0.971 bits per heavy atom. The van der Waals surface area contributed by atoms with Gasteiger partial charge in [-0.1, -0.05) is 71.1 Å². The average Bonchev–Trinajstić information content (AvgIpc) is 2.83. The predicted molar refractivity (Wildman–Crippen MR) is 136 cm³/mol. The number of unbranched alkanes of at least 4 members (excludes halogenated alkanes) is 10. The first-order valence-electron chi connectivity index (χ1n) is 12.3. The van der Waals surface area contributed by atoms with Gasteiger partial charge in [0, 0.05) is 24.3 Å². The maximum Gasteiger partial charge on any atom is 0.430 e. The number of nitrogens with zero attached hydrogens (tertiary/aromatic N) is 2. The lowest BCUT2D eigenvalue weighted by molar-refractivity contribution is -0.385. The molecule has 0 atom stereocenters. The Morgan fingerprint density at radius 3 is 1.31 bits per heavy atom. The van der Waals surface area contributed by atoms with Gasteiger partial charge in [-0.15, -0.1) is 0 Å². The van der Waals surface area contributed by atoms with Crippen LogP contribution < -0.4 is 9.05 Å². The third-order valence-electron chi connectivity index (χ3n) is 5.62. The van der Waals surface area contributed by atoms with Crippen molar-refractivity contribution in [3.63, 3.8) is 0 Å². The standard InChI is InChI=1S/C25H35N2O7P/c1-2-3-4-5-6-7-8-9-10-11-12-21-35(32,33-24-17-13-22(14-18-24)26(28)29)34-25-19-15-23(16-20-25)27(30)31/h13-20H,2-12,21H2,1H3. The molecule has 0 N–H and O–H groups in total. The fourth-order valence-corrected chi connectivity index (χ4v) is 5.37. The molecular weight excluding hydrogens is 471 g/mol. The number of benzene rings is 2. The van der Waals surface area contributed by atoms with E-state index in [0.29, 0.717) is 6.42 Å². The molecule has 0 bridgehead atoms. The fraction of sp³-hybridized carbons (Fsp3) is 0.520. The Labute approximate surface area is 206 Å². The van der Waals surface area contributed by atoms with Crippen LogP contribution in [0.1, 0.15) is 77.6 Å². The molecule has 9 nitrogen and oxygen atoms in total. The molecule has 2 aromatic rings. The predicted octanol–water partition coefficient (Wildman–Crippen LogP) is 8.46. The van der Waals surface area contributed by atoms with Crippen molar-refractivity contribution in [3.8, 4) is 11.5 Å². The molecule has 2 rings (SSSR count). The van der Waals surface area contributed by atoms with Crippen LogP contribution in [0.4, 0.5) is 11.4 Å². The van der Waals surface area contributed by atoms with Gasteiger partial charge in [-0.05, 0) is 30.7 Å². The van der Waals surface area contributed by atoms with E-state index in [2.05, 4.69) is 6.92 Å². The highest BCUT2D eigenvalue weighted by molar-refractivity contribution is 7.54. The molecule has 0 amide bonds. The SMILES string of the molecule is CCCCCCCCCCCCCP(=O)(Oc1ccc([N+](=O)[O-])cc1)Oc1ccc([N+](=O)[O-])cc1. The highest BCUT2D eigenvalue weighted by Gasteiger charge is 2.28. The minimum atomic E-state index is -3.66. The third-order valence-corrected chi connectivity index (χ3v) is 7.46. The van der Waals surface area contributed by atoms with Gasteiger partial charge in [0.2, 0.25) is 0 Å². The van der Waals surface area contributed by atoms with E-state index in [-0.39, 0.29) is 29.0 Å². The Hall–Kier alpha value is -2.93. The summed E-state index contributed by atoms with van der Waals surface area (Å²) in [5, 5.41) is 21.8. The largest absolute Gasteiger partial charge is 0.430 e. The second-order valence-corrected chi connectivity index (χ2v) is 10.6. The Balaban J connectivity index is 1.90. The van der Waals surface area contributed by atoms with E-state index >= 15 is 0 Å². The van der Waals surface area contributed by atoms with Gasteiger partial charge < -0.3 is 9.05 Å². The fourth-order valence-electron chi connectivity index (χ4n) is 3.66. The molecule has 0 unspecified atom stereocenters. The summed E-state index contributed by atoms with van der Waals surface area (Å²) in [5.74, 6) is 0.396. The first kappa shape index (κ1) is 28.3. The second-order valence-electron chi connectivity index (χ2n) is 8.55. The summed E-state index contributed by atoms with van der Waals surface area (Å²) < 4.78 is 24.9. The highest BCUT2D eigenvalue weighted by atomic mass is 31.2. The molecule has 10 heteroatoms. The molecule has 192 valence electrons. The zero-order chi connectivity index (χ0) is 25.5. The van der Waals surface area contributed by atoms with Crippen LogP contribution in [0, 0.1) is 20.2 Å². The van der Waals surface area contributed by atoms with E-state index in [4.69, 9.17) is 9.05 Å². The molecule has 35 heavy (non-hydrogen) atoms. The summed E-state index contributed by atoms with van der Waals surface area (Å²) in [6.45, 7) is 2.22. The van der Waals surface area contributed by atoms with Gasteiger partial charge in [0.15, 0.2) is 0 Å². The van der Waals surface area contributed by atoms with E-state index in [1.54, 1.807) is 0 Å². The lowest BCUT2D eigenvalue weighted by Gasteiger charge is -2.20. The van der Waals surface area contributed by atoms with E-state index in [1.807, 2.05) is 0 Å². The monoisotopic (exact) mass is 506 g/mol. The van der Waals surface area contributed by atoms with Crippen molar-refractivity contribution in [2.45, 2.75) is 77.6 Å². The molecule has 0 saturated heterocycles. The van der Waals surface area contributed by atoms with Gasteiger partial charge >= 0.3 is 7.60 Å².